The molecule has 0 bridgehead atoms. The molecule has 0 aromatic rings. The van der Waals surface area contributed by atoms with Gasteiger partial charge >= 0.3 is 5.97 Å². The molecule has 0 heterocycles. The van der Waals surface area contributed by atoms with Gasteiger partial charge in [-0.1, -0.05) is 230 Å². The van der Waals surface area contributed by atoms with E-state index in [4.69, 9.17) is 4.74 Å². The first-order valence-electron chi connectivity index (χ1n) is 27.8. The van der Waals surface area contributed by atoms with Crippen LogP contribution in [-0.2, 0) is 14.3 Å². The molecule has 0 fully saturated rings. The Morgan fingerprint density at radius 3 is 1.13 bits per heavy atom. The van der Waals surface area contributed by atoms with Gasteiger partial charge in [0.05, 0.1) is 25.4 Å². The minimum atomic E-state index is -0.867. The van der Waals surface area contributed by atoms with Crippen LogP contribution in [0, 0.1) is 0 Å². The molecule has 0 aliphatic carbocycles. The Labute approximate surface area is 392 Å². The van der Waals surface area contributed by atoms with Crippen molar-refractivity contribution < 1.29 is 24.5 Å². The van der Waals surface area contributed by atoms with Crippen molar-refractivity contribution in [2.45, 2.75) is 302 Å². The summed E-state index contributed by atoms with van der Waals surface area (Å²) in [5.41, 5.74) is 0. The van der Waals surface area contributed by atoms with E-state index in [0.29, 0.717) is 19.4 Å². The van der Waals surface area contributed by atoms with E-state index in [1.807, 2.05) is 6.08 Å². The van der Waals surface area contributed by atoms with Gasteiger partial charge in [0.15, 0.2) is 0 Å². The van der Waals surface area contributed by atoms with Crippen molar-refractivity contribution in [3.63, 3.8) is 0 Å². The highest BCUT2D eigenvalue weighted by Crippen LogP contribution is 2.16. The highest BCUT2D eigenvalue weighted by Gasteiger charge is 2.18. The van der Waals surface area contributed by atoms with E-state index in [1.54, 1.807) is 6.08 Å². The summed E-state index contributed by atoms with van der Waals surface area (Å²) < 4.78 is 5.44. The Kier molecular flexibility index (Phi) is 51.1. The van der Waals surface area contributed by atoms with Gasteiger partial charge in [0, 0.05) is 12.8 Å². The molecule has 0 aromatic heterocycles. The van der Waals surface area contributed by atoms with Gasteiger partial charge in [-0.2, -0.15) is 0 Å². The molecule has 0 radical (unpaired) electrons. The van der Waals surface area contributed by atoms with Gasteiger partial charge in [-0.15, -0.1) is 0 Å². The van der Waals surface area contributed by atoms with Crippen LogP contribution in [0.1, 0.15) is 290 Å². The molecular weight excluding hydrogens is 779 g/mol. The normalized spacial score (nSPS) is 12.9. The molecule has 370 valence electrons. The van der Waals surface area contributed by atoms with Crippen molar-refractivity contribution in [2.24, 2.45) is 0 Å². The van der Waals surface area contributed by atoms with Crippen molar-refractivity contribution in [1.29, 1.82) is 0 Å². The topological polar surface area (TPSA) is 95.9 Å². The van der Waals surface area contributed by atoms with Crippen LogP contribution in [0.15, 0.2) is 36.5 Å². The fraction of sp³-hybridized carbons (Fsp3) is 0.860. The number of allylic oxidation sites excluding steroid dienone is 5. The van der Waals surface area contributed by atoms with Gasteiger partial charge < -0.3 is 20.3 Å². The minimum Gasteiger partial charge on any atom is -0.466 e. The highest BCUT2D eigenvalue weighted by molar-refractivity contribution is 5.76. The molecule has 3 N–H and O–H groups in total. The number of hydrogen-bond acceptors (Lipinski definition) is 5. The molecule has 0 aliphatic heterocycles. The predicted molar refractivity (Wildman–Crippen MR) is 273 cm³/mol. The second-order valence-electron chi connectivity index (χ2n) is 18.9. The predicted octanol–water partition coefficient (Wildman–Crippen LogP) is 16.9. The average molecular weight is 886 g/mol. The van der Waals surface area contributed by atoms with Crippen LogP contribution in [0.5, 0.6) is 0 Å². The van der Waals surface area contributed by atoms with Crippen LogP contribution in [0.4, 0.5) is 0 Å². The van der Waals surface area contributed by atoms with Gasteiger partial charge in [0.25, 0.3) is 0 Å². The highest BCUT2D eigenvalue weighted by atomic mass is 16.5. The van der Waals surface area contributed by atoms with Crippen molar-refractivity contribution in [3.05, 3.63) is 36.5 Å². The van der Waals surface area contributed by atoms with Crippen LogP contribution in [0.2, 0.25) is 0 Å². The van der Waals surface area contributed by atoms with E-state index in [2.05, 4.69) is 43.5 Å². The number of hydrogen-bond donors (Lipinski definition) is 3. The molecule has 2 atom stereocenters. The Hall–Kier alpha value is -1.92. The summed E-state index contributed by atoms with van der Waals surface area (Å²) >= 11 is 0. The lowest BCUT2D eigenvalue weighted by atomic mass is 10.0. The number of rotatable bonds is 51. The summed E-state index contributed by atoms with van der Waals surface area (Å²) in [5.74, 6) is -0.145. The first kappa shape index (κ1) is 61.1. The molecule has 0 saturated carbocycles. The summed E-state index contributed by atoms with van der Waals surface area (Å²) in [6.07, 6.45) is 64.4. The SMILES string of the molecule is CCCCCCCC/C=C\CCCCCCCCCC(=O)OCCCC/C=C\CCCCCCC(=O)NC(CO)C(O)/C=C/CCCCCCCCCCCCCCCCCCC. The number of aliphatic hydroxyl groups is 2. The lowest BCUT2D eigenvalue weighted by Gasteiger charge is -2.20. The molecule has 63 heavy (non-hydrogen) atoms. The summed E-state index contributed by atoms with van der Waals surface area (Å²) in [5, 5.41) is 23.1. The van der Waals surface area contributed by atoms with Crippen LogP contribution in [0.25, 0.3) is 0 Å². The van der Waals surface area contributed by atoms with Gasteiger partial charge in [0.2, 0.25) is 5.91 Å². The van der Waals surface area contributed by atoms with Gasteiger partial charge in [-0.05, 0) is 83.5 Å². The van der Waals surface area contributed by atoms with E-state index < -0.39 is 12.1 Å². The van der Waals surface area contributed by atoms with E-state index in [9.17, 15) is 19.8 Å². The fourth-order valence-corrected chi connectivity index (χ4v) is 8.33. The van der Waals surface area contributed by atoms with E-state index in [1.165, 1.54) is 186 Å². The third kappa shape index (κ3) is 49.4. The first-order chi connectivity index (χ1) is 31.0. The van der Waals surface area contributed by atoms with Crippen LogP contribution < -0.4 is 5.32 Å². The number of nitrogens with one attached hydrogen (secondary N) is 1. The summed E-state index contributed by atoms with van der Waals surface area (Å²) in [6, 6.07) is -0.654. The second kappa shape index (κ2) is 52.7. The molecule has 2 unspecified atom stereocenters. The van der Waals surface area contributed by atoms with Crippen LogP contribution >= 0.6 is 0 Å². The lowest BCUT2D eigenvalue weighted by Crippen LogP contribution is -2.45. The average Bonchev–Trinajstić information content (AvgIpc) is 3.28. The number of unbranched alkanes of at least 4 members (excludes halogenated alkanes) is 36. The van der Waals surface area contributed by atoms with Crippen LogP contribution in [0.3, 0.4) is 0 Å². The third-order valence-corrected chi connectivity index (χ3v) is 12.6. The minimum absolute atomic E-state index is 0.0418. The zero-order valence-corrected chi connectivity index (χ0v) is 42.1. The van der Waals surface area contributed by atoms with Crippen molar-refractivity contribution in [2.75, 3.05) is 13.2 Å². The summed E-state index contributed by atoms with van der Waals surface area (Å²) in [6.45, 7) is 4.82. The maximum Gasteiger partial charge on any atom is 0.305 e. The van der Waals surface area contributed by atoms with Crippen LogP contribution in [-0.4, -0.2) is 47.4 Å². The lowest BCUT2D eigenvalue weighted by molar-refractivity contribution is -0.143. The monoisotopic (exact) mass is 886 g/mol. The molecule has 6 nitrogen and oxygen atoms in total. The maximum absolute atomic E-state index is 12.4. The molecule has 0 saturated heterocycles. The van der Waals surface area contributed by atoms with E-state index in [0.717, 1.165) is 77.0 Å². The van der Waals surface area contributed by atoms with Crippen molar-refractivity contribution in [3.8, 4) is 0 Å². The number of ether oxygens (including phenoxy) is 1. The number of aliphatic hydroxyl groups excluding tert-OH is 2. The zero-order chi connectivity index (χ0) is 45.8. The Morgan fingerprint density at radius 2 is 0.746 bits per heavy atom. The molecule has 0 aliphatic rings. The Bertz CT molecular complexity index is 1020. The van der Waals surface area contributed by atoms with Crippen molar-refractivity contribution in [1.82, 2.24) is 5.32 Å². The number of carbonyl (C=O) groups is 2. The molecule has 1 amide bonds. The number of amides is 1. The molecule has 0 aromatic carbocycles. The number of carbonyl (C=O) groups excluding carboxylic acids is 2. The molecule has 0 rings (SSSR count). The molecular formula is C57H107NO5. The Morgan fingerprint density at radius 1 is 0.429 bits per heavy atom. The third-order valence-electron chi connectivity index (χ3n) is 12.6. The van der Waals surface area contributed by atoms with E-state index >= 15 is 0 Å². The fourth-order valence-electron chi connectivity index (χ4n) is 8.33. The van der Waals surface area contributed by atoms with Gasteiger partial charge in [-0.3, -0.25) is 9.59 Å². The maximum atomic E-state index is 12.4. The summed E-state index contributed by atoms with van der Waals surface area (Å²) in [7, 11) is 0. The smallest absolute Gasteiger partial charge is 0.305 e. The Balaban J connectivity index is 3.55. The molecule has 0 spiro atoms. The standard InChI is InChI=1S/C57H107NO5/c1-3-5-7-9-11-13-15-17-19-21-22-24-25-27-29-33-37-41-45-49-55(60)54(53-59)58-56(61)50-46-42-38-34-31-32-36-40-44-48-52-63-57(62)51-47-43-39-35-30-28-26-23-20-18-16-14-12-10-8-6-4-2/h18,20,32,36,45,49,54-55,59-60H,3-17,19,21-31,33-35,37-44,46-48,50-53H2,1-2H3,(H,58,61)/b20-18-,36-32-,49-45+. The molecule has 6 heteroatoms. The van der Waals surface area contributed by atoms with Crippen molar-refractivity contribution >= 4 is 11.9 Å². The summed E-state index contributed by atoms with van der Waals surface area (Å²) in [4.78, 5) is 24.5. The second-order valence-corrected chi connectivity index (χ2v) is 18.9. The number of esters is 1. The van der Waals surface area contributed by atoms with Gasteiger partial charge in [0.1, 0.15) is 0 Å². The largest absolute Gasteiger partial charge is 0.466 e. The zero-order valence-electron chi connectivity index (χ0n) is 42.1. The van der Waals surface area contributed by atoms with Gasteiger partial charge in [-0.25, -0.2) is 0 Å². The quantitative estimate of drug-likeness (QED) is 0.0321. The van der Waals surface area contributed by atoms with E-state index in [-0.39, 0.29) is 18.5 Å². The first-order valence-corrected chi connectivity index (χ1v) is 27.8.